The Balaban J connectivity index is 2.21. The van der Waals surface area contributed by atoms with Gasteiger partial charge >= 0.3 is 0 Å². The molecule has 0 fully saturated rings. The Labute approximate surface area is 90.7 Å². The van der Waals surface area contributed by atoms with E-state index in [0.717, 1.165) is 23.8 Å². The van der Waals surface area contributed by atoms with Crippen molar-refractivity contribution in [3.63, 3.8) is 0 Å². The average Bonchev–Trinajstić information content (AvgIpc) is 2.15. The summed E-state index contributed by atoms with van der Waals surface area (Å²) in [6.07, 6.45) is 0. The Morgan fingerprint density at radius 2 is 1.79 bits per heavy atom. The highest BCUT2D eigenvalue weighted by atomic mass is 35.5. The van der Waals surface area contributed by atoms with Crippen LogP contribution in [0.25, 0.3) is 0 Å². The molecule has 0 saturated carbocycles. The molecule has 0 aliphatic heterocycles. The van der Waals surface area contributed by atoms with E-state index in [1.165, 1.54) is 0 Å². The van der Waals surface area contributed by atoms with Crippen molar-refractivity contribution < 1.29 is 0 Å². The summed E-state index contributed by atoms with van der Waals surface area (Å²) in [5, 5.41) is 7.42. The summed E-state index contributed by atoms with van der Waals surface area (Å²) in [5.41, 5.74) is 1.11. The predicted octanol–water partition coefficient (Wildman–Crippen LogP) is 2.75. The summed E-state index contributed by atoms with van der Waals surface area (Å²) in [6.45, 7) is 6.19. The van der Waals surface area contributed by atoms with Crippen LogP contribution in [-0.4, -0.2) is 19.1 Å². The van der Waals surface area contributed by atoms with Crippen LogP contribution < -0.4 is 10.6 Å². The molecule has 0 aromatic heterocycles. The maximum atomic E-state index is 5.77. The van der Waals surface area contributed by atoms with E-state index in [1.807, 2.05) is 24.3 Å². The summed E-state index contributed by atoms with van der Waals surface area (Å²) >= 11 is 5.77. The molecule has 1 rings (SSSR count). The number of halogens is 1. The summed E-state index contributed by atoms with van der Waals surface area (Å²) < 4.78 is 0. The number of nitrogens with one attached hydrogen (secondary N) is 2. The third-order valence-corrected chi connectivity index (χ3v) is 2.10. The Bertz CT molecular complexity index is 256. The number of benzene rings is 1. The van der Waals surface area contributed by atoms with Crippen LogP contribution in [0, 0.1) is 0 Å². The first-order valence-corrected chi connectivity index (χ1v) is 5.29. The third kappa shape index (κ3) is 4.49. The highest BCUT2D eigenvalue weighted by molar-refractivity contribution is 6.30. The molecule has 0 radical (unpaired) electrons. The van der Waals surface area contributed by atoms with Gasteiger partial charge in [-0.05, 0) is 24.3 Å². The second-order valence-electron chi connectivity index (χ2n) is 3.54. The third-order valence-electron chi connectivity index (χ3n) is 1.85. The zero-order valence-electron chi connectivity index (χ0n) is 8.68. The van der Waals surface area contributed by atoms with E-state index in [0.29, 0.717) is 6.04 Å². The van der Waals surface area contributed by atoms with Crippen LogP contribution in [0.15, 0.2) is 24.3 Å². The smallest absolute Gasteiger partial charge is 0.0407 e. The highest BCUT2D eigenvalue weighted by Gasteiger charge is 1.93. The van der Waals surface area contributed by atoms with E-state index in [9.17, 15) is 0 Å². The fourth-order valence-corrected chi connectivity index (χ4v) is 1.26. The van der Waals surface area contributed by atoms with Gasteiger partial charge in [-0.25, -0.2) is 0 Å². The fraction of sp³-hybridized carbons (Fsp3) is 0.455. The average molecular weight is 213 g/mol. The van der Waals surface area contributed by atoms with Gasteiger partial charge in [0, 0.05) is 29.8 Å². The molecule has 0 aliphatic carbocycles. The first-order valence-electron chi connectivity index (χ1n) is 4.91. The molecule has 2 nitrogen and oxygen atoms in total. The molecule has 0 aliphatic rings. The minimum atomic E-state index is 0.544. The van der Waals surface area contributed by atoms with Crippen LogP contribution in [0.3, 0.4) is 0 Å². The van der Waals surface area contributed by atoms with E-state index in [-0.39, 0.29) is 0 Å². The zero-order valence-corrected chi connectivity index (χ0v) is 9.43. The molecule has 0 bridgehead atoms. The van der Waals surface area contributed by atoms with Gasteiger partial charge in [0.1, 0.15) is 0 Å². The molecule has 2 N–H and O–H groups in total. The van der Waals surface area contributed by atoms with Crippen molar-refractivity contribution in [1.29, 1.82) is 0 Å². The molecule has 0 atom stereocenters. The van der Waals surface area contributed by atoms with E-state index in [2.05, 4.69) is 24.5 Å². The maximum absolute atomic E-state index is 5.77. The standard InChI is InChI=1S/C11H17ClN2/c1-9(2)13-7-8-14-11-5-3-10(12)4-6-11/h3-6,9,13-14H,7-8H2,1-2H3. The Kier molecular flexibility index (Phi) is 4.77. The van der Waals surface area contributed by atoms with Crippen molar-refractivity contribution in [3.8, 4) is 0 Å². The predicted molar refractivity (Wildman–Crippen MR) is 63.1 cm³/mol. The molecule has 0 heterocycles. The van der Waals surface area contributed by atoms with Gasteiger partial charge in [0.15, 0.2) is 0 Å². The topological polar surface area (TPSA) is 24.1 Å². The lowest BCUT2D eigenvalue weighted by Crippen LogP contribution is -2.28. The van der Waals surface area contributed by atoms with Crippen molar-refractivity contribution in [2.75, 3.05) is 18.4 Å². The molecule has 3 heteroatoms. The normalized spacial score (nSPS) is 10.6. The van der Waals surface area contributed by atoms with Crippen molar-refractivity contribution in [2.24, 2.45) is 0 Å². The second kappa shape index (κ2) is 5.89. The van der Waals surface area contributed by atoms with Crippen molar-refractivity contribution >= 4 is 17.3 Å². The Morgan fingerprint density at radius 3 is 2.36 bits per heavy atom. The molecule has 1 aromatic carbocycles. The van der Waals surface area contributed by atoms with E-state index >= 15 is 0 Å². The lowest BCUT2D eigenvalue weighted by atomic mass is 10.3. The Morgan fingerprint density at radius 1 is 1.14 bits per heavy atom. The van der Waals surface area contributed by atoms with Crippen LogP contribution in [-0.2, 0) is 0 Å². The van der Waals surface area contributed by atoms with E-state index in [1.54, 1.807) is 0 Å². The Hall–Kier alpha value is -0.730. The first-order chi connectivity index (χ1) is 6.68. The molecule has 1 aromatic rings. The van der Waals surface area contributed by atoms with Gasteiger partial charge in [0.25, 0.3) is 0 Å². The van der Waals surface area contributed by atoms with Crippen LogP contribution in [0.1, 0.15) is 13.8 Å². The molecule has 0 spiro atoms. The highest BCUT2D eigenvalue weighted by Crippen LogP contribution is 2.12. The molecule has 0 amide bonds. The van der Waals surface area contributed by atoms with Crippen molar-refractivity contribution in [2.45, 2.75) is 19.9 Å². The zero-order chi connectivity index (χ0) is 10.4. The van der Waals surface area contributed by atoms with Gasteiger partial charge in [-0.2, -0.15) is 0 Å². The number of hydrogen-bond donors (Lipinski definition) is 2. The van der Waals surface area contributed by atoms with Crippen molar-refractivity contribution in [3.05, 3.63) is 29.3 Å². The number of rotatable bonds is 5. The maximum Gasteiger partial charge on any atom is 0.0407 e. The minimum Gasteiger partial charge on any atom is -0.384 e. The SMILES string of the molecule is CC(C)NCCNc1ccc(Cl)cc1. The molecule has 78 valence electrons. The van der Waals surface area contributed by atoms with Crippen LogP contribution in [0.5, 0.6) is 0 Å². The van der Waals surface area contributed by atoms with E-state index in [4.69, 9.17) is 11.6 Å². The van der Waals surface area contributed by atoms with Crippen LogP contribution in [0.4, 0.5) is 5.69 Å². The van der Waals surface area contributed by atoms with E-state index < -0.39 is 0 Å². The first kappa shape index (κ1) is 11.3. The molecular weight excluding hydrogens is 196 g/mol. The van der Waals surface area contributed by atoms with Gasteiger partial charge in [0.2, 0.25) is 0 Å². The minimum absolute atomic E-state index is 0.544. The monoisotopic (exact) mass is 212 g/mol. The quantitative estimate of drug-likeness (QED) is 0.734. The largest absolute Gasteiger partial charge is 0.384 e. The lowest BCUT2D eigenvalue weighted by molar-refractivity contribution is 0.602. The van der Waals surface area contributed by atoms with Gasteiger partial charge in [-0.1, -0.05) is 25.4 Å². The van der Waals surface area contributed by atoms with Gasteiger partial charge < -0.3 is 10.6 Å². The number of hydrogen-bond acceptors (Lipinski definition) is 2. The van der Waals surface area contributed by atoms with Gasteiger partial charge in [-0.3, -0.25) is 0 Å². The molecule has 14 heavy (non-hydrogen) atoms. The molecule has 0 unspecified atom stereocenters. The summed E-state index contributed by atoms with van der Waals surface area (Å²) in [4.78, 5) is 0. The summed E-state index contributed by atoms with van der Waals surface area (Å²) in [6, 6.07) is 8.29. The van der Waals surface area contributed by atoms with Crippen LogP contribution in [0.2, 0.25) is 5.02 Å². The van der Waals surface area contributed by atoms with Gasteiger partial charge in [-0.15, -0.1) is 0 Å². The van der Waals surface area contributed by atoms with Crippen LogP contribution >= 0.6 is 11.6 Å². The molecule has 0 saturated heterocycles. The van der Waals surface area contributed by atoms with Gasteiger partial charge in [0.05, 0.1) is 0 Å². The molecular formula is C11H17ClN2. The summed E-state index contributed by atoms with van der Waals surface area (Å²) in [5.74, 6) is 0. The number of anilines is 1. The summed E-state index contributed by atoms with van der Waals surface area (Å²) in [7, 11) is 0. The lowest BCUT2D eigenvalue weighted by Gasteiger charge is -2.09. The fourth-order valence-electron chi connectivity index (χ4n) is 1.14. The van der Waals surface area contributed by atoms with Crippen molar-refractivity contribution in [1.82, 2.24) is 5.32 Å². The second-order valence-corrected chi connectivity index (χ2v) is 3.98.